The van der Waals surface area contributed by atoms with Gasteiger partial charge in [-0.3, -0.25) is 0 Å². The highest BCUT2D eigenvalue weighted by atomic mass is 32.2. The lowest BCUT2D eigenvalue weighted by molar-refractivity contribution is 0.182. The number of aliphatic hydroxyl groups is 1. The minimum absolute atomic E-state index is 0.0768. The molecular formula is C20H24N2O3S. The van der Waals surface area contributed by atoms with Gasteiger partial charge in [0, 0.05) is 25.3 Å². The number of aryl methyl sites for hydroxylation is 1. The zero-order chi connectivity index (χ0) is 18.9. The molecule has 0 radical (unpaired) electrons. The van der Waals surface area contributed by atoms with Crippen LogP contribution in [0.1, 0.15) is 37.0 Å². The summed E-state index contributed by atoms with van der Waals surface area (Å²) in [4.78, 5) is 0.201. The van der Waals surface area contributed by atoms with E-state index in [2.05, 4.69) is 18.6 Å². The Morgan fingerprint density at radius 1 is 1.04 bits per heavy atom. The van der Waals surface area contributed by atoms with Gasteiger partial charge in [-0.15, -0.1) is 0 Å². The van der Waals surface area contributed by atoms with Gasteiger partial charge in [-0.1, -0.05) is 32.0 Å². The third-order valence-corrected chi connectivity index (χ3v) is 6.06. The van der Waals surface area contributed by atoms with Crippen LogP contribution in [0.3, 0.4) is 0 Å². The van der Waals surface area contributed by atoms with Crippen molar-refractivity contribution in [1.29, 1.82) is 0 Å². The molecule has 26 heavy (non-hydrogen) atoms. The summed E-state index contributed by atoms with van der Waals surface area (Å²) in [7, 11) is -1.70. The third-order valence-electron chi connectivity index (χ3n) is 4.62. The Bertz CT molecular complexity index is 1010. The first kappa shape index (κ1) is 18.6. The molecule has 2 N–H and O–H groups in total. The fraction of sp³-hybridized carbons (Fsp3) is 0.300. The van der Waals surface area contributed by atoms with E-state index in [0.29, 0.717) is 11.5 Å². The summed E-state index contributed by atoms with van der Waals surface area (Å²) >= 11 is 0. The lowest BCUT2D eigenvalue weighted by Gasteiger charge is -2.14. The van der Waals surface area contributed by atoms with E-state index < -0.39 is 16.1 Å². The summed E-state index contributed by atoms with van der Waals surface area (Å²) in [6.45, 7) is 4.04. The highest BCUT2D eigenvalue weighted by Gasteiger charge is 2.17. The van der Waals surface area contributed by atoms with Gasteiger partial charge in [0.15, 0.2) is 0 Å². The van der Waals surface area contributed by atoms with E-state index in [-0.39, 0.29) is 11.4 Å². The largest absolute Gasteiger partial charge is 0.387 e. The Morgan fingerprint density at radius 3 is 2.35 bits per heavy atom. The summed E-state index contributed by atoms with van der Waals surface area (Å²) < 4.78 is 29.4. The number of aromatic nitrogens is 1. The summed E-state index contributed by atoms with van der Waals surface area (Å²) in [5.41, 5.74) is 2.83. The molecule has 1 heterocycles. The van der Waals surface area contributed by atoms with Crippen LogP contribution < -0.4 is 4.72 Å². The minimum atomic E-state index is -3.66. The zero-order valence-corrected chi connectivity index (χ0v) is 16.0. The molecule has 3 aromatic rings. The molecule has 0 spiro atoms. The lowest BCUT2D eigenvalue weighted by Crippen LogP contribution is -2.28. The predicted molar refractivity (Wildman–Crippen MR) is 104 cm³/mol. The number of hydrogen-bond acceptors (Lipinski definition) is 3. The van der Waals surface area contributed by atoms with Crippen LogP contribution in [-0.4, -0.2) is 24.6 Å². The quantitative estimate of drug-likeness (QED) is 0.697. The third kappa shape index (κ3) is 3.82. The maximum atomic E-state index is 12.4. The molecule has 1 atom stereocenters. The minimum Gasteiger partial charge on any atom is -0.387 e. The summed E-state index contributed by atoms with van der Waals surface area (Å²) in [6, 6.07) is 14.4. The van der Waals surface area contributed by atoms with Crippen LogP contribution in [0.25, 0.3) is 10.9 Å². The van der Waals surface area contributed by atoms with Crippen molar-refractivity contribution in [3.8, 4) is 0 Å². The fourth-order valence-electron chi connectivity index (χ4n) is 2.93. The number of nitrogens with zero attached hydrogens (tertiary/aromatic N) is 1. The van der Waals surface area contributed by atoms with Crippen molar-refractivity contribution in [2.24, 2.45) is 7.05 Å². The van der Waals surface area contributed by atoms with Crippen molar-refractivity contribution in [3.05, 3.63) is 65.9 Å². The van der Waals surface area contributed by atoms with Crippen molar-refractivity contribution in [2.75, 3.05) is 6.54 Å². The van der Waals surface area contributed by atoms with Gasteiger partial charge < -0.3 is 9.67 Å². The standard InChI is InChI=1S/C20H24N2O3S/c1-14(2)15-4-7-18(8-5-15)26(24,25)21-13-20(23)17-6-9-19-16(12-17)10-11-22(19)3/h4-12,14,20-21,23H,13H2,1-3H3. The maximum absolute atomic E-state index is 12.4. The Balaban J connectivity index is 1.71. The average molecular weight is 372 g/mol. The Morgan fingerprint density at radius 2 is 1.69 bits per heavy atom. The van der Waals surface area contributed by atoms with Crippen molar-refractivity contribution in [3.63, 3.8) is 0 Å². The second-order valence-corrected chi connectivity index (χ2v) is 8.60. The highest BCUT2D eigenvalue weighted by Crippen LogP contribution is 2.22. The number of hydrogen-bond donors (Lipinski definition) is 2. The molecule has 0 aliphatic rings. The van der Waals surface area contributed by atoms with Gasteiger partial charge in [0.2, 0.25) is 10.0 Å². The molecule has 0 aliphatic heterocycles. The number of aliphatic hydroxyl groups excluding tert-OH is 1. The molecule has 0 aliphatic carbocycles. The highest BCUT2D eigenvalue weighted by molar-refractivity contribution is 7.89. The molecule has 138 valence electrons. The Labute approximate surface area is 154 Å². The maximum Gasteiger partial charge on any atom is 0.240 e. The van der Waals surface area contributed by atoms with Gasteiger partial charge >= 0.3 is 0 Å². The number of sulfonamides is 1. The molecule has 6 heteroatoms. The van der Waals surface area contributed by atoms with Crippen LogP contribution in [0.2, 0.25) is 0 Å². The Hall–Kier alpha value is -2.15. The first-order valence-electron chi connectivity index (χ1n) is 8.60. The van der Waals surface area contributed by atoms with Crippen molar-refractivity contribution < 1.29 is 13.5 Å². The smallest absolute Gasteiger partial charge is 0.240 e. The molecule has 1 unspecified atom stereocenters. The molecular weight excluding hydrogens is 348 g/mol. The van der Waals surface area contributed by atoms with E-state index >= 15 is 0 Å². The second kappa shape index (κ2) is 7.23. The average Bonchev–Trinajstić information content (AvgIpc) is 3.00. The summed E-state index contributed by atoms with van der Waals surface area (Å²) in [6.07, 6.45) is 1.04. The van der Waals surface area contributed by atoms with Crippen LogP contribution in [0, 0.1) is 0 Å². The van der Waals surface area contributed by atoms with E-state index in [9.17, 15) is 13.5 Å². The van der Waals surface area contributed by atoms with Gasteiger partial charge in [0.25, 0.3) is 0 Å². The molecule has 5 nitrogen and oxygen atoms in total. The summed E-state index contributed by atoms with van der Waals surface area (Å²) in [5.74, 6) is 0.342. The van der Waals surface area contributed by atoms with E-state index in [1.54, 1.807) is 12.1 Å². The van der Waals surface area contributed by atoms with Crippen LogP contribution in [0.4, 0.5) is 0 Å². The molecule has 0 saturated heterocycles. The van der Waals surface area contributed by atoms with E-state index in [0.717, 1.165) is 16.5 Å². The van der Waals surface area contributed by atoms with Gasteiger partial charge in [-0.2, -0.15) is 0 Å². The molecule has 1 aromatic heterocycles. The normalized spacial score (nSPS) is 13.4. The van der Waals surface area contributed by atoms with Gasteiger partial charge in [-0.05, 0) is 52.8 Å². The molecule has 3 rings (SSSR count). The second-order valence-electron chi connectivity index (χ2n) is 6.84. The van der Waals surface area contributed by atoms with Crippen LogP contribution in [0.15, 0.2) is 59.6 Å². The van der Waals surface area contributed by atoms with E-state index in [1.807, 2.05) is 54.2 Å². The van der Waals surface area contributed by atoms with Gasteiger partial charge in [-0.25, -0.2) is 13.1 Å². The molecule has 0 fully saturated rings. The lowest BCUT2D eigenvalue weighted by atomic mass is 10.0. The summed E-state index contributed by atoms with van der Waals surface area (Å²) in [5, 5.41) is 11.4. The molecule has 0 amide bonds. The van der Waals surface area contributed by atoms with Crippen molar-refractivity contribution in [1.82, 2.24) is 9.29 Å². The number of fused-ring (bicyclic) bond motifs is 1. The molecule has 0 bridgehead atoms. The number of nitrogens with one attached hydrogen (secondary N) is 1. The zero-order valence-electron chi connectivity index (χ0n) is 15.2. The van der Waals surface area contributed by atoms with E-state index in [4.69, 9.17) is 0 Å². The van der Waals surface area contributed by atoms with Crippen LogP contribution >= 0.6 is 0 Å². The first-order chi connectivity index (χ1) is 12.3. The fourth-order valence-corrected chi connectivity index (χ4v) is 3.97. The Kier molecular flexibility index (Phi) is 5.18. The molecule has 0 saturated carbocycles. The SMILES string of the molecule is CC(C)c1ccc(S(=O)(=O)NCC(O)c2ccc3c(ccn3C)c2)cc1. The van der Waals surface area contributed by atoms with Crippen LogP contribution in [-0.2, 0) is 17.1 Å². The number of benzene rings is 2. The van der Waals surface area contributed by atoms with E-state index in [1.165, 1.54) is 0 Å². The van der Waals surface area contributed by atoms with Gasteiger partial charge in [0.05, 0.1) is 11.0 Å². The number of rotatable bonds is 6. The molecule has 2 aromatic carbocycles. The monoisotopic (exact) mass is 372 g/mol. The van der Waals surface area contributed by atoms with Crippen molar-refractivity contribution in [2.45, 2.75) is 30.8 Å². The van der Waals surface area contributed by atoms with Gasteiger partial charge in [0.1, 0.15) is 0 Å². The van der Waals surface area contributed by atoms with Crippen molar-refractivity contribution >= 4 is 20.9 Å². The topological polar surface area (TPSA) is 71.3 Å². The predicted octanol–water partition coefficient (Wildman–Crippen LogP) is 3.31. The first-order valence-corrected chi connectivity index (χ1v) is 10.1. The van der Waals surface area contributed by atoms with Crippen LogP contribution in [0.5, 0.6) is 0 Å².